The van der Waals surface area contributed by atoms with Crippen molar-refractivity contribution >= 4 is 5.97 Å². The van der Waals surface area contributed by atoms with Gasteiger partial charge in [0.05, 0.1) is 18.8 Å². The molecule has 0 bridgehead atoms. The number of furan rings is 1. The Balaban J connectivity index is 2.07. The van der Waals surface area contributed by atoms with E-state index in [0.717, 1.165) is 13.1 Å². The van der Waals surface area contributed by atoms with E-state index in [1.54, 1.807) is 6.07 Å². The van der Waals surface area contributed by atoms with Crippen molar-refractivity contribution in [3.63, 3.8) is 0 Å². The summed E-state index contributed by atoms with van der Waals surface area (Å²) in [5, 5.41) is 8.80. The number of ether oxygens (including phenoxy) is 1. The van der Waals surface area contributed by atoms with Gasteiger partial charge in [-0.05, 0) is 26.0 Å². The topological polar surface area (TPSA) is 62.9 Å². The Morgan fingerprint density at radius 2 is 2.35 bits per heavy atom. The molecule has 0 radical (unpaired) electrons. The summed E-state index contributed by atoms with van der Waals surface area (Å²) in [6.45, 7) is 6.43. The molecular formula is C12H17NO4. The van der Waals surface area contributed by atoms with Gasteiger partial charge in [-0.2, -0.15) is 0 Å². The fourth-order valence-electron chi connectivity index (χ4n) is 2.07. The number of carboxylic acid groups (broad SMARTS) is 1. The molecule has 94 valence electrons. The molecule has 5 nitrogen and oxygen atoms in total. The van der Waals surface area contributed by atoms with E-state index in [0.29, 0.717) is 12.4 Å². The normalized spacial score (nSPS) is 23.5. The minimum Gasteiger partial charge on any atom is -0.475 e. The van der Waals surface area contributed by atoms with Gasteiger partial charge in [0, 0.05) is 13.1 Å². The average molecular weight is 239 g/mol. The van der Waals surface area contributed by atoms with Gasteiger partial charge in [-0.25, -0.2) is 4.79 Å². The molecule has 0 aromatic carbocycles. The van der Waals surface area contributed by atoms with Gasteiger partial charge >= 0.3 is 5.97 Å². The van der Waals surface area contributed by atoms with Gasteiger partial charge in [0.2, 0.25) is 5.76 Å². The number of carbonyl (C=O) groups is 1. The van der Waals surface area contributed by atoms with E-state index in [1.807, 2.05) is 13.8 Å². The van der Waals surface area contributed by atoms with Crippen molar-refractivity contribution in [2.45, 2.75) is 26.0 Å². The van der Waals surface area contributed by atoms with E-state index in [-0.39, 0.29) is 17.9 Å². The fourth-order valence-corrected chi connectivity index (χ4v) is 2.07. The zero-order valence-electron chi connectivity index (χ0n) is 10.0. The summed E-state index contributed by atoms with van der Waals surface area (Å²) in [5.74, 6) is -0.344. The number of hydrogen-bond acceptors (Lipinski definition) is 4. The smallest absolute Gasteiger partial charge is 0.371 e. The SMILES string of the molecule is CC1CN(C(C)c2ccc(C(=O)O)o2)CCO1. The van der Waals surface area contributed by atoms with Gasteiger partial charge in [-0.1, -0.05) is 0 Å². The molecule has 5 heteroatoms. The summed E-state index contributed by atoms with van der Waals surface area (Å²) in [6, 6.07) is 3.31. The van der Waals surface area contributed by atoms with Crippen molar-refractivity contribution in [1.82, 2.24) is 4.90 Å². The molecule has 0 spiro atoms. The van der Waals surface area contributed by atoms with E-state index in [9.17, 15) is 4.79 Å². The molecular weight excluding hydrogens is 222 g/mol. The van der Waals surface area contributed by atoms with Crippen LogP contribution in [-0.4, -0.2) is 41.8 Å². The van der Waals surface area contributed by atoms with Crippen LogP contribution in [0.1, 0.15) is 36.2 Å². The number of nitrogens with zero attached hydrogens (tertiary/aromatic N) is 1. The molecule has 2 rings (SSSR count). The van der Waals surface area contributed by atoms with E-state index < -0.39 is 5.97 Å². The summed E-state index contributed by atoms with van der Waals surface area (Å²) >= 11 is 0. The van der Waals surface area contributed by atoms with Crippen LogP contribution in [0.2, 0.25) is 0 Å². The lowest BCUT2D eigenvalue weighted by Gasteiger charge is -2.34. The fraction of sp³-hybridized carbons (Fsp3) is 0.583. The second-order valence-electron chi connectivity index (χ2n) is 4.36. The standard InChI is InChI=1S/C12H17NO4/c1-8-7-13(5-6-16-8)9(2)10-3-4-11(17-10)12(14)15/h3-4,8-9H,5-7H2,1-2H3,(H,14,15). The van der Waals surface area contributed by atoms with E-state index in [4.69, 9.17) is 14.3 Å². The average Bonchev–Trinajstić information content (AvgIpc) is 2.77. The van der Waals surface area contributed by atoms with Crippen molar-refractivity contribution in [1.29, 1.82) is 0 Å². The maximum atomic E-state index is 10.7. The molecule has 0 amide bonds. The Kier molecular flexibility index (Phi) is 3.49. The van der Waals surface area contributed by atoms with Crippen LogP contribution in [0.15, 0.2) is 16.5 Å². The van der Waals surface area contributed by atoms with Gasteiger partial charge in [-0.15, -0.1) is 0 Å². The Bertz CT molecular complexity index is 401. The van der Waals surface area contributed by atoms with E-state index in [1.165, 1.54) is 6.07 Å². The largest absolute Gasteiger partial charge is 0.475 e. The van der Waals surface area contributed by atoms with Crippen LogP contribution in [0.4, 0.5) is 0 Å². The van der Waals surface area contributed by atoms with Crippen molar-refractivity contribution in [3.05, 3.63) is 23.7 Å². The minimum absolute atomic E-state index is 0.00634. The Labute approximate surface area is 100.0 Å². The number of carboxylic acids is 1. The maximum Gasteiger partial charge on any atom is 0.371 e. The van der Waals surface area contributed by atoms with Crippen LogP contribution < -0.4 is 0 Å². The van der Waals surface area contributed by atoms with Crippen LogP contribution in [0.5, 0.6) is 0 Å². The lowest BCUT2D eigenvalue weighted by atomic mass is 10.2. The Morgan fingerprint density at radius 3 is 2.94 bits per heavy atom. The predicted molar refractivity (Wildman–Crippen MR) is 61.1 cm³/mol. The summed E-state index contributed by atoms with van der Waals surface area (Å²) in [6.07, 6.45) is 0.208. The van der Waals surface area contributed by atoms with Crippen LogP contribution in [0.3, 0.4) is 0 Å². The highest BCUT2D eigenvalue weighted by Gasteiger charge is 2.24. The van der Waals surface area contributed by atoms with E-state index >= 15 is 0 Å². The molecule has 2 unspecified atom stereocenters. The van der Waals surface area contributed by atoms with Gasteiger partial charge in [-0.3, -0.25) is 4.90 Å². The third-order valence-corrected chi connectivity index (χ3v) is 3.07. The van der Waals surface area contributed by atoms with Crippen LogP contribution in [-0.2, 0) is 4.74 Å². The van der Waals surface area contributed by atoms with Crippen molar-refractivity contribution < 1.29 is 19.1 Å². The molecule has 1 aliphatic heterocycles. The molecule has 0 aliphatic carbocycles. The third kappa shape index (κ3) is 2.68. The molecule has 1 saturated heterocycles. The molecule has 1 aromatic rings. The first-order chi connectivity index (χ1) is 8.08. The quantitative estimate of drug-likeness (QED) is 0.870. The minimum atomic E-state index is -1.03. The van der Waals surface area contributed by atoms with Crippen molar-refractivity contribution in [2.24, 2.45) is 0 Å². The molecule has 17 heavy (non-hydrogen) atoms. The first-order valence-corrected chi connectivity index (χ1v) is 5.76. The Morgan fingerprint density at radius 1 is 1.59 bits per heavy atom. The predicted octanol–water partition coefficient (Wildman–Crippen LogP) is 1.76. The van der Waals surface area contributed by atoms with Gasteiger partial charge in [0.25, 0.3) is 0 Å². The number of rotatable bonds is 3. The molecule has 2 heterocycles. The number of morpholine rings is 1. The van der Waals surface area contributed by atoms with Gasteiger partial charge < -0.3 is 14.3 Å². The molecule has 1 aliphatic rings. The second kappa shape index (κ2) is 4.89. The summed E-state index contributed by atoms with van der Waals surface area (Å²) in [4.78, 5) is 13.0. The zero-order chi connectivity index (χ0) is 12.4. The molecule has 0 saturated carbocycles. The van der Waals surface area contributed by atoms with Gasteiger partial charge in [0.15, 0.2) is 0 Å². The molecule has 2 atom stereocenters. The first-order valence-electron chi connectivity index (χ1n) is 5.76. The lowest BCUT2D eigenvalue weighted by Crippen LogP contribution is -2.42. The summed E-state index contributed by atoms with van der Waals surface area (Å²) < 4.78 is 10.8. The zero-order valence-corrected chi connectivity index (χ0v) is 10.0. The van der Waals surface area contributed by atoms with Crippen molar-refractivity contribution in [3.8, 4) is 0 Å². The molecule has 1 N–H and O–H groups in total. The van der Waals surface area contributed by atoms with Crippen LogP contribution in [0, 0.1) is 0 Å². The molecule has 1 fully saturated rings. The number of hydrogen-bond donors (Lipinski definition) is 1. The summed E-state index contributed by atoms with van der Waals surface area (Å²) in [5.41, 5.74) is 0. The second-order valence-corrected chi connectivity index (χ2v) is 4.36. The van der Waals surface area contributed by atoms with Gasteiger partial charge in [0.1, 0.15) is 5.76 Å². The maximum absolute atomic E-state index is 10.7. The van der Waals surface area contributed by atoms with Crippen LogP contribution >= 0.6 is 0 Å². The first kappa shape index (κ1) is 12.1. The Hall–Kier alpha value is -1.33. The van der Waals surface area contributed by atoms with E-state index in [2.05, 4.69) is 4.90 Å². The highest BCUT2D eigenvalue weighted by molar-refractivity contribution is 5.84. The summed E-state index contributed by atoms with van der Waals surface area (Å²) in [7, 11) is 0. The molecule has 1 aromatic heterocycles. The van der Waals surface area contributed by atoms with Crippen LogP contribution in [0.25, 0.3) is 0 Å². The number of aromatic carboxylic acids is 1. The monoisotopic (exact) mass is 239 g/mol. The highest BCUT2D eigenvalue weighted by Crippen LogP contribution is 2.24. The highest BCUT2D eigenvalue weighted by atomic mass is 16.5. The lowest BCUT2D eigenvalue weighted by molar-refractivity contribution is -0.0348. The van der Waals surface area contributed by atoms with Crippen molar-refractivity contribution in [2.75, 3.05) is 19.7 Å². The third-order valence-electron chi connectivity index (χ3n) is 3.07.